The Morgan fingerprint density at radius 2 is 2.23 bits per heavy atom. The molecule has 13 heavy (non-hydrogen) atoms. The molecule has 2 heteroatoms. The summed E-state index contributed by atoms with van der Waals surface area (Å²) in [4.78, 5) is 0. The van der Waals surface area contributed by atoms with Gasteiger partial charge >= 0.3 is 0 Å². The maximum absolute atomic E-state index is 8.52. The fraction of sp³-hybridized carbons (Fsp3) is 0.182. The molecule has 1 aromatic carbocycles. The summed E-state index contributed by atoms with van der Waals surface area (Å²) in [5.41, 5.74) is 1.93. The molecule has 0 bridgehead atoms. The highest BCUT2D eigenvalue weighted by Gasteiger charge is 2.00. The quantitative estimate of drug-likeness (QED) is 0.661. The molecular weight excluding hydrogens is 162 g/mol. The first-order valence-electron chi connectivity index (χ1n) is 4.15. The van der Waals surface area contributed by atoms with Crippen molar-refractivity contribution < 1.29 is 4.42 Å². The maximum Gasteiger partial charge on any atom is 0.134 e. The fourth-order valence-electron chi connectivity index (χ4n) is 1.43. The normalized spacial score (nSPS) is 10.2. The van der Waals surface area contributed by atoms with Crippen molar-refractivity contribution in [2.24, 2.45) is 0 Å². The second kappa shape index (κ2) is 2.95. The summed E-state index contributed by atoms with van der Waals surface area (Å²) >= 11 is 0. The third-order valence-corrected chi connectivity index (χ3v) is 1.99. The maximum atomic E-state index is 8.52. The van der Waals surface area contributed by atoms with Crippen LogP contribution in [0.25, 0.3) is 11.0 Å². The lowest BCUT2D eigenvalue weighted by Crippen LogP contribution is -1.78. The van der Waals surface area contributed by atoms with Crippen LogP contribution >= 0.6 is 0 Å². The first-order valence-corrected chi connectivity index (χ1v) is 4.15. The Hall–Kier alpha value is -1.75. The van der Waals surface area contributed by atoms with Gasteiger partial charge in [0.1, 0.15) is 11.3 Å². The summed E-state index contributed by atoms with van der Waals surface area (Å²) in [6, 6.07) is 9.94. The van der Waals surface area contributed by atoms with E-state index in [1.807, 2.05) is 31.2 Å². The Bertz CT molecular complexity index is 476. The topological polar surface area (TPSA) is 36.9 Å². The van der Waals surface area contributed by atoms with E-state index in [1.165, 1.54) is 0 Å². The molecular formula is C11H9NO. The minimum Gasteiger partial charge on any atom is -0.461 e. The molecule has 0 unspecified atom stereocenters. The molecule has 0 aliphatic heterocycles. The molecule has 0 atom stereocenters. The highest BCUT2D eigenvalue weighted by atomic mass is 16.3. The zero-order valence-corrected chi connectivity index (χ0v) is 7.37. The smallest absolute Gasteiger partial charge is 0.134 e. The first-order chi connectivity index (χ1) is 6.29. The first kappa shape index (κ1) is 7.88. The van der Waals surface area contributed by atoms with E-state index in [0.717, 1.165) is 22.3 Å². The summed E-state index contributed by atoms with van der Waals surface area (Å²) in [7, 11) is 0. The van der Waals surface area contributed by atoms with Crippen molar-refractivity contribution in [1.29, 1.82) is 5.26 Å². The molecule has 0 N–H and O–H groups in total. The average Bonchev–Trinajstić information content (AvgIpc) is 2.44. The second-order valence-electron chi connectivity index (χ2n) is 3.06. The second-order valence-corrected chi connectivity index (χ2v) is 3.06. The van der Waals surface area contributed by atoms with Gasteiger partial charge in [0.15, 0.2) is 0 Å². The van der Waals surface area contributed by atoms with Crippen molar-refractivity contribution in [2.45, 2.75) is 13.3 Å². The van der Waals surface area contributed by atoms with E-state index in [2.05, 4.69) is 6.07 Å². The molecule has 1 heterocycles. The van der Waals surface area contributed by atoms with E-state index in [9.17, 15) is 0 Å². The van der Waals surface area contributed by atoms with Crippen LogP contribution in [-0.2, 0) is 6.42 Å². The van der Waals surface area contributed by atoms with E-state index < -0.39 is 0 Å². The van der Waals surface area contributed by atoms with Crippen LogP contribution in [0.5, 0.6) is 0 Å². The summed E-state index contributed by atoms with van der Waals surface area (Å²) in [5, 5.41) is 9.60. The molecule has 0 fully saturated rings. The molecule has 0 saturated heterocycles. The summed E-state index contributed by atoms with van der Waals surface area (Å²) < 4.78 is 5.42. The van der Waals surface area contributed by atoms with Crippen molar-refractivity contribution in [2.75, 3.05) is 0 Å². The lowest BCUT2D eigenvalue weighted by molar-refractivity contribution is 0.578. The molecule has 1 aromatic heterocycles. The van der Waals surface area contributed by atoms with E-state index in [1.54, 1.807) is 0 Å². The molecule has 0 radical (unpaired) electrons. The monoisotopic (exact) mass is 171 g/mol. The Morgan fingerprint density at radius 3 is 3.00 bits per heavy atom. The van der Waals surface area contributed by atoms with Crippen LogP contribution in [0.2, 0.25) is 0 Å². The molecule has 0 saturated carbocycles. The largest absolute Gasteiger partial charge is 0.461 e. The van der Waals surface area contributed by atoms with Crippen LogP contribution in [-0.4, -0.2) is 0 Å². The molecule has 0 aliphatic carbocycles. The van der Waals surface area contributed by atoms with Crippen molar-refractivity contribution >= 4 is 11.0 Å². The van der Waals surface area contributed by atoms with Gasteiger partial charge in [0, 0.05) is 5.39 Å². The third-order valence-electron chi connectivity index (χ3n) is 1.99. The third kappa shape index (κ3) is 1.41. The number of hydrogen-bond donors (Lipinski definition) is 0. The van der Waals surface area contributed by atoms with E-state index >= 15 is 0 Å². The van der Waals surface area contributed by atoms with Gasteiger partial charge in [0.2, 0.25) is 0 Å². The van der Waals surface area contributed by atoms with Crippen LogP contribution in [0, 0.1) is 18.3 Å². The number of hydrogen-bond acceptors (Lipinski definition) is 2. The molecule has 0 spiro atoms. The summed E-state index contributed by atoms with van der Waals surface area (Å²) in [5.74, 6) is 0.907. The molecule has 2 rings (SSSR count). The standard InChI is InChI=1S/C11H9NO/c1-8-6-10-7-9(4-5-12)2-3-11(10)13-8/h2-3,6-7H,4H2,1H3. The van der Waals surface area contributed by atoms with E-state index in [-0.39, 0.29) is 0 Å². The van der Waals surface area contributed by atoms with Crippen LogP contribution in [0.1, 0.15) is 11.3 Å². The van der Waals surface area contributed by atoms with Gasteiger partial charge < -0.3 is 4.42 Å². The number of nitrogens with zero attached hydrogens (tertiary/aromatic N) is 1. The van der Waals surface area contributed by atoms with Crippen LogP contribution in [0.15, 0.2) is 28.7 Å². The molecule has 0 aliphatic rings. The number of aryl methyl sites for hydroxylation is 1. The Balaban J connectivity index is 2.56. The highest BCUT2D eigenvalue weighted by Crippen LogP contribution is 2.20. The Kier molecular flexibility index (Phi) is 1.79. The Labute approximate surface area is 76.4 Å². The number of furan rings is 1. The van der Waals surface area contributed by atoms with Crippen molar-refractivity contribution in [1.82, 2.24) is 0 Å². The van der Waals surface area contributed by atoms with E-state index in [0.29, 0.717) is 6.42 Å². The highest BCUT2D eigenvalue weighted by molar-refractivity contribution is 5.78. The van der Waals surface area contributed by atoms with Gasteiger partial charge in [-0.05, 0) is 30.7 Å². The lowest BCUT2D eigenvalue weighted by atomic mass is 10.1. The van der Waals surface area contributed by atoms with Crippen molar-refractivity contribution in [3.8, 4) is 6.07 Å². The van der Waals surface area contributed by atoms with Crippen LogP contribution in [0.3, 0.4) is 0 Å². The molecule has 64 valence electrons. The van der Waals surface area contributed by atoms with Crippen molar-refractivity contribution in [3.63, 3.8) is 0 Å². The SMILES string of the molecule is Cc1cc2cc(CC#N)ccc2o1. The van der Waals surface area contributed by atoms with Gasteiger partial charge in [-0.2, -0.15) is 5.26 Å². The van der Waals surface area contributed by atoms with Gasteiger partial charge in [-0.1, -0.05) is 6.07 Å². The minimum atomic E-state index is 0.458. The number of nitriles is 1. The number of rotatable bonds is 1. The lowest BCUT2D eigenvalue weighted by Gasteiger charge is -1.92. The minimum absolute atomic E-state index is 0.458. The van der Waals surface area contributed by atoms with Gasteiger partial charge in [-0.25, -0.2) is 0 Å². The van der Waals surface area contributed by atoms with Gasteiger partial charge in [-0.15, -0.1) is 0 Å². The summed E-state index contributed by atoms with van der Waals surface area (Å²) in [6.07, 6.45) is 0.458. The van der Waals surface area contributed by atoms with Crippen LogP contribution in [0.4, 0.5) is 0 Å². The summed E-state index contributed by atoms with van der Waals surface area (Å²) in [6.45, 7) is 1.92. The molecule has 2 aromatic rings. The fourth-order valence-corrected chi connectivity index (χ4v) is 1.43. The number of fused-ring (bicyclic) bond motifs is 1. The average molecular weight is 171 g/mol. The van der Waals surface area contributed by atoms with E-state index in [4.69, 9.17) is 9.68 Å². The zero-order valence-electron chi connectivity index (χ0n) is 7.37. The predicted octanol–water partition coefficient (Wildman–Crippen LogP) is 2.81. The molecule has 0 amide bonds. The van der Waals surface area contributed by atoms with Crippen molar-refractivity contribution in [3.05, 3.63) is 35.6 Å². The van der Waals surface area contributed by atoms with Gasteiger partial charge in [0.05, 0.1) is 12.5 Å². The number of benzene rings is 1. The predicted molar refractivity (Wildman–Crippen MR) is 50.3 cm³/mol. The molecule has 2 nitrogen and oxygen atoms in total. The van der Waals surface area contributed by atoms with Gasteiger partial charge in [0.25, 0.3) is 0 Å². The zero-order chi connectivity index (χ0) is 9.26. The van der Waals surface area contributed by atoms with Gasteiger partial charge in [-0.3, -0.25) is 0 Å². The van der Waals surface area contributed by atoms with Crippen LogP contribution < -0.4 is 0 Å². The Morgan fingerprint density at radius 1 is 1.38 bits per heavy atom.